The Morgan fingerprint density at radius 2 is 1.81 bits per heavy atom. The molecule has 0 aromatic heterocycles. The molecule has 2 aromatic rings. The lowest BCUT2D eigenvalue weighted by atomic mass is 10.2. The summed E-state index contributed by atoms with van der Waals surface area (Å²) in [6.07, 6.45) is 0. The van der Waals surface area contributed by atoms with E-state index < -0.39 is 6.61 Å². The monoisotopic (exact) mass is 333 g/mol. The number of aromatic hydroxyl groups is 1. The first-order chi connectivity index (χ1) is 9.95. The molecule has 112 valence electrons. The van der Waals surface area contributed by atoms with Gasteiger partial charge in [-0.2, -0.15) is 8.78 Å². The maximum absolute atomic E-state index is 12.0. The minimum absolute atomic E-state index is 0.0498. The fourth-order valence-electron chi connectivity index (χ4n) is 1.71. The number of phenolic OH excluding ortho intramolecular Hbond substituents is 1. The second-order valence-corrected chi connectivity index (χ2v) is 5.00. The largest absolute Gasteiger partial charge is 0.506 e. The minimum atomic E-state index is -2.85. The van der Waals surface area contributed by atoms with Crippen LogP contribution in [-0.2, 0) is 6.54 Å². The Balaban J connectivity index is 2.03. The molecule has 2 N–H and O–H groups in total. The molecule has 3 nitrogen and oxygen atoms in total. The quantitative estimate of drug-likeness (QED) is 0.816. The number of halogens is 4. The summed E-state index contributed by atoms with van der Waals surface area (Å²) < 4.78 is 28.3. The molecule has 0 aliphatic carbocycles. The topological polar surface area (TPSA) is 41.5 Å². The molecule has 0 saturated carbocycles. The van der Waals surface area contributed by atoms with Crippen molar-refractivity contribution < 1.29 is 18.6 Å². The van der Waals surface area contributed by atoms with Crippen LogP contribution in [0.3, 0.4) is 0 Å². The van der Waals surface area contributed by atoms with Crippen molar-refractivity contribution in [3.63, 3.8) is 0 Å². The van der Waals surface area contributed by atoms with E-state index in [2.05, 4.69) is 10.1 Å². The summed E-state index contributed by atoms with van der Waals surface area (Å²) in [4.78, 5) is 0. The molecule has 0 aliphatic rings. The lowest BCUT2D eigenvalue weighted by Gasteiger charge is -2.10. The number of nitrogens with one attached hydrogen (secondary N) is 1. The summed E-state index contributed by atoms with van der Waals surface area (Å²) in [5.41, 5.74) is 1.20. The van der Waals surface area contributed by atoms with E-state index in [9.17, 15) is 13.9 Å². The van der Waals surface area contributed by atoms with Crippen molar-refractivity contribution in [3.05, 3.63) is 52.0 Å². The van der Waals surface area contributed by atoms with Crippen LogP contribution in [0.5, 0.6) is 11.5 Å². The van der Waals surface area contributed by atoms with Gasteiger partial charge in [0.25, 0.3) is 0 Å². The molecule has 21 heavy (non-hydrogen) atoms. The molecule has 7 heteroatoms. The van der Waals surface area contributed by atoms with Gasteiger partial charge in [-0.25, -0.2) is 0 Å². The van der Waals surface area contributed by atoms with Gasteiger partial charge in [-0.1, -0.05) is 23.2 Å². The van der Waals surface area contributed by atoms with Gasteiger partial charge in [-0.05, 0) is 36.4 Å². The van der Waals surface area contributed by atoms with Crippen molar-refractivity contribution in [3.8, 4) is 11.5 Å². The van der Waals surface area contributed by atoms with Crippen molar-refractivity contribution in [1.29, 1.82) is 0 Å². The van der Waals surface area contributed by atoms with Gasteiger partial charge in [0.2, 0.25) is 0 Å². The van der Waals surface area contributed by atoms with E-state index in [4.69, 9.17) is 23.2 Å². The van der Waals surface area contributed by atoms with E-state index in [0.717, 1.165) is 0 Å². The molecule has 0 heterocycles. The smallest absolute Gasteiger partial charge is 0.387 e. The van der Waals surface area contributed by atoms with Crippen LogP contribution in [0.1, 0.15) is 5.56 Å². The van der Waals surface area contributed by atoms with Gasteiger partial charge in [-0.15, -0.1) is 0 Å². The molecule has 0 spiro atoms. The number of hydrogen-bond acceptors (Lipinski definition) is 3. The number of benzene rings is 2. The summed E-state index contributed by atoms with van der Waals surface area (Å²) in [7, 11) is 0. The van der Waals surface area contributed by atoms with Gasteiger partial charge in [0.15, 0.2) is 0 Å². The van der Waals surface area contributed by atoms with Gasteiger partial charge >= 0.3 is 6.61 Å². The first-order valence-electron chi connectivity index (χ1n) is 5.91. The van der Waals surface area contributed by atoms with Crippen LogP contribution in [0, 0.1) is 0 Å². The van der Waals surface area contributed by atoms with Gasteiger partial charge in [0, 0.05) is 22.8 Å². The summed E-state index contributed by atoms with van der Waals surface area (Å²) in [5.74, 6) is 0.0235. The Hall–Kier alpha value is -1.72. The van der Waals surface area contributed by atoms with Crippen molar-refractivity contribution >= 4 is 28.9 Å². The highest BCUT2D eigenvalue weighted by Gasteiger charge is 2.08. The molecular weight excluding hydrogens is 323 g/mol. The zero-order valence-electron chi connectivity index (χ0n) is 10.6. The van der Waals surface area contributed by atoms with Crippen molar-refractivity contribution in [2.45, 2.75) is 13.2 Å². The standard InChI is InChI=1S/C14H11Cl2F2NO2/c15-9-5-8(13(20)12(16)6-9)7-19-10-1-3-11(4-2-10)21-14(17)18/h1-6,14,19-20H,7H2. The van der Waals surface area contributed by atoms with Crippen LogP contribution in [0.15, 0.2) is 36.4 Å². The number of ether oxygens (including phenoxy) is 1. The van der Waals surface area contributed by atoms with Gasteiger partial charge < -0.3 is 15.2 Å². The highest BCUT2D eigenvalue weighted by molar-refractivity contribution is 6.35. The second kappa shape index (κ2) is 6.83. The number of phenols is 1. The molecule has 0 fully saturated rings. The van der Waals surface area contributed by atoms with E-state index >= 15 is 0 Å². The number of anilines is 1. The van der Waals surface area contributed by atoms with E-state index in [1.54, 1.807) is 18.2 Å². The average molecular weight is 334 g/mol. The van der Waals surface area contributed by atoms with Crippen molar-refractivity contribution in [2.75, 3.05) is 5.32 Å². The first kappa shape index (κ1) is 15.7. The molecule has 2 rings (SSSR count). The third-order valence-corrected chi connectivity index (χ3v) is 3.18. The predicted molar refractivity (Wildman–Crippen MR) is 78.5 cm³/mol. The highest BCUT2D eigenvalue weighted by atomic mass is 35.5. The first-order valence-corrected chi connectivity index (χ1v) is 6.67. The van der Waals surface area contributed by atoms with Crippen LogP contribution in [0.4, 0.5) is 14.5 Å². The lowest BCUT2D eigenvalue weighted by Crippen LogP contribution is -2.03. The van der Waals surface area contributed by atoms with Gasteiger partial charge in [0.1, 0.15) is 11.5 Å². The number of alkyl halides is 2. The lowest BCUT2D eigenvalue weighted by molar-refractivity contribution is -0.0498. The average Bonchev–Trinajstić information content (AvgIpc) is 2.42. The van der Waals surface area contributed by atoms with E-state index in [0.29, 0.717) is 16.3 Å². The van der Waals surface area contributed by atoms with Crippen molar-refractivity contribution in [1.82, 2.24) is 0 Å². The summed E-state index contributed by atoms with van der Waals surface area (Å²) in [6, 6.07) is 9.03. The van der Waals surface area contributed by atoms with Crippen LogP contribution in [-0.4, -0.2) is 11.7 Å². The Morgan fingerprint density at radius 1 is 1.14 bits per heavy atom. The Bertz CT molecular complexity index is 621. The Kier molecular flexibility index (Phi) is 5.09. The Morgan fingerprint density at radius 3 is 2.43 bits per heavy atom. The molecule has 0 radical (unpaired) electrons. The maximum Gasteiger partial charge on any atom is 0.387 e. The zero-order valence-corrected chi connectivity index (χ0v) is 12.1. The maximum atomic E-state index is 12.0. The number of rotatable bonds is 5. The number of hydrogen-bond donors (Lipinski definition) is 2. The summed E-state index contributed by atoms with van der Waals surface area (Å²) >= 11 is 11.7. The molecule has 0 aliphatic heterocycles. The van der Waals surface area contributed by atoms with Crippen LogP contribution < -0.4 is 10.1 Å². The predicted octanol–water partition coefficient (Wildman–Crippen LogP) is 4.91. The SMILES string of the molecule is Oc1c(Cl)cc(Cl)cc1CNc1ccc(OC(F)F)cc1. The minimum Gasteiger partial charge on any atom is -0.506 e. The molecule has 0 bridgehead atoms. The van der Waals surface area contributed by atoms with Crippen molar-refractivity contribution in [2.24, 2.45) is 0 Å². The molecular formula is C14H11Cl2F2NO2. The highest BCUT2D eigenvalue weighted by Crippen LogP contribution is 2.31. The summed E-state index contributed by atoms with van der Waals surface area (Å²) in [5, 5.41) is 13.4. The van der Waals surface area contributed by atoms with E-state index in [-0.39, 0.29) is 23.1 Å². The van der Waals surface area contributed by atoms with E-state index in [1.807, 2.05) is 0 Å². The van der Waals surface area contributed by atoms with E-state index in [1.165, 1.54) is 18.2 Å². The fourth-order valence-corrected chi connectivity index (χ4v) is 2.24. The third-order valence-electron chi connectivity index (χ3n) is 2.67. The molecule has 0 saturated heterocycles. The van der Waals surface area contributed by atoms with Crippen LogP contribution in [0.2, 0.25) is 10.0 Å². The molecule has 0 amide bonds. The van der Waals surface area contributed by atoms with Gasteiger partial charge in [-0.3, -0.25) is 0 Å². The normalized spacial score (nSPS) is 10.7. The third kappa shape index (κ3) is 4.37. The Labute approximate surface area is 130 Å². The molecule has 0 atom stereocenters. The molecule has 0 unspecified atom stereocenters. The van der Waals surface area contributed by atoms with Gasteiger partial charge in [0.05, 0.1) is 5.02 Å². The second-order valence-electron chi connectivity index (χ2n) is 4.15. The fraction of sp³-hybridized carbons (Fsp3) is 0.143. The molecule has 2 aromatic carbocycles. The van der Waals surface area contributed by atoms with Crippen LogP contribution in [0.25, 0.3) is 0 Å². The van der Waals surface area contributed by atoms with Crippen LogP contribution >= 0.6 is 23.2 Å². The summed E-state index contributed by atoms with van der Waals surface area (Å²) in [6.45, 7) is -2.57. The zero-order chi connectivity index (χ0) is 15.4.